The van der Waals surface area contributed by atoms with E-state index in [9.17, 15) is 14.7 Å². The molecule has 1 unspecified atom stereocenters. The molecule has 0 fully saturated rings. The Balaban J connectivity index is 4.73. The summed E-state index contributed by atoms with van der Waals surface area (Å²) in [4.78, 5) is 23.1. The Morgan fingerprint density at radius 1 is 1.14 bits per heavy atom. The molecule has 0 aliphatic rings. The third kappa shape index (κ3) is 9.47. The van der Waals surface area contributed by atoms with Gasteiger partial charge in [0.15, 0.2) is 11.4 Å². The molecule has 2 N–H and O–H groups in total. The highest BCUT2D eigenvalue weighted by molar-refractivity contribution is 5.99. The van der Waals surface area contributed by atoms with E-state index in [1.165, 1.54) is 12.5 Å². The SMILES string of the molecule is CCCCC/C=C\C=C\C(=O)C(O)(CC(=O)O)C[N+](C)(C)C. The molecule has 0 saturated carbocycles. The third-order valence-electron chi connectivity index (χ3n) is 3.11. The Morgan fingerprint density at radius 3 is 2.27 bits per heavy atom. The molecule has 1 atom stereocenters. The van der Waals surface area contributed by atoms with Crippen molar-refractivity contribution in [3.05, 3.63) is 24.3 Å². The number of carbonyl (C=O) groups excluding carboxylic acids is 1. The van der Waals surface area contributed by atoms with Gasteiger partial charge in [0.25, 0.3) is 0 Å². The number of hydrogen-bond acceptors (Lipinski definition) is 3. The van der Waals surface area contributed by atoms with Gasteiger partial charge in [-0.2, -0.15) is 0 Å². The van der Waals surface area contributed by atoms with Gasteiger partial charge in [0.05, 0.1) is 27.6 Å². The number of carboxylic acids is 1. The molecule has 22 heavy (non-hydrogen) atoms. The molecule has 0 amide bonds. The molecular weight excluding hydrogens is 282 g/mol. The topological polar surface area (TPSA) is 74.6 Å². The molecule has 126 valence electrons. The summed E-state index contributed by atoms with van der Waals surface area (Å²) in [6.45, 7) is 2.18. The van der Waals surface area contributed by atoms with E-state index in [2.05, 4.69) is 6.92 Å². The van der Waals surface area contributed by atoms with Gasteiger partial charge in [0.2, 0.25) is 0 Å². The van der Waals surface area contributed by atoms with Crippen LogP contribution in [0.1, 0.15) is 39.0 Å². The molecule has 0 spiro atoms. The molecule has 5 nitrogen and oxygen atoms in total. The average Bonchev–Trinajstić information content (AvgIpc) is 2.34. The minimum Gasteiger partial charge on any atom is -0.481 e. The highest BCUT2D eigenvalue weighted by Crippen LogP contribution is 2.17. The third-order valence-corrected chi connectivity index (χ3v) is 3.11. The van der Waals surface area contributed by atoms with Crippen LogP contribution in [0.5, 0.6) is 0 Å². The number of allylic oxidation sites excluding steroid dienone is 3. The van der Waals surface area contributed by atoms with Gasteiger partial charge >= 0.3 is 5.97 Å². The van der Waals surface area contributed by atoms with E-state index in [4.69, 9.17) is 5.11 Å². The van der Waals surface area contributed by atoms with E-state index in [-0.39, 0.29) is 6.54 Å². The van der Waals surface area contributed by atoms with Crippen LogP contribution in [0.2, 0.25) is 0 Å². The van der Waals surface area contributed by atoms with Crippen LogP contribution in [0.4, 0.5) is 0 Å². The van der Waals surface area contributed by atoms with E-state index < -0.39 is 23.8 Å². The monoisotopic (exact) mass is 312 g/mol. The van der Waals surface area contributed by atoms with Crippen LogP contribution in [-0.2, 0) is 9.59 Å². The van der Waals surface area contributed by atoms with Crippen LogP contribution >= 0.6 is 0 Å². The Kier molecular flexibility index (Phi) is 8.90. The number of aliphatic hydroxyl groups is 1. The van der Waals surface area contributed by atoms with Gasteiger partial charge in [0.1, 0.15) is 6.54 Å². The predicted molar refractivity (Wildman–Crippen MR) is 87.5 cm³/mol. The molecule has 0 bridgehead atoms. The van der Waals surface area contributed by atoms with Gasteiger partial charge in [-0.05, 0) is 18.9 Å². The highest BCUT2D eigenvalue weighted by Gasteiger charge is 2.41. The maximum Gasteiger partial charge on any atom is 0.307 e. The first-order valence-corrected chi connectivity index (χ1v) is 7.73. The number of likely N-dealkylation sites (N-methyl/N-ethyl adjacent to an activating group) is 1. The number of rotatable bonds is 11. The van der Waals surface area contributed by atoms with Crippen LogP contribution in [0, 0.1) is 0 Å². The van der Waals surface area contributed by atoms with E-state index in [0.29, 0.717) is 4.48 Å². The Bertz CT molecular complexity index is 421. The summed E-state index contributed by atoms with van der Waals surface area (Å²) in [5.74, 6) is -1.76. The van der Waals surface area contributed by atoms with E-state index in [0.717, 1.165) is 19.3 Å². The fourth-order valence-corrected chi connectivity index (χ4v) is 2.24. The van der Waals surface area contributed by atoms with Gasteiger partial charge in [-0.3, -0.25) is 9.59 Å². The maximum atomic E-state index is 12.2. The summed E-state index contributed by atoms with van der Waals surface area (Å²) in [5, 5.41) is 19.4. The zero-order valence-electron chi connectivity index (χ0n) is 14.2. The van der Waals surface area contributed by atoms with E-state index >= 15 is 0 Å². The molecule has 5 heteroatoms. The second kappa shape index (κ2) is 9.54. The standard InChI is InChI=1S/C17H29NO4/c1-5-6-7-8-9-10-11-12-15(19)17(22,13-16(20)21)14-18(2,3)4/h9-12,22H,5-8,13-14H2,1-4H3/p+1/b10-9-,12-11+. The lowest BCUT2D eigenvalue weighted by atomic mass is 9.92. The van der Waals surface area contributed by atoms with Crippen LogP contribution in [0.15, 0.2) is 24.3 Å². The van der Waals surface area contributed by atoms with Gasteiger partial charge < -0.3 is 14.7 Å². The van der Waals surface area contributed by atoms with E-state index in [1.807, 2.05) is 6.08 Å². The smallest absolute Gasteiger partial charge is 0.307 e. The largest absolute Gasteiger partial charge is 0.481 e. The quantitative estimate of drug-likeness (QED) is 0.265. The number of unbranched alkanes of at least 4 members (excludes halogenated alkanes) is 3. The normalized spacial score (nSPS) is 15.3. The first-order chi connectivity index (χ1) is 10.1. The molecule has 0 aromatic heterocycles. The fourth-order valence-electron chi connectivity index (χ4n) is 2.24. The molecule has 0 aromatic carbocycles. The predicted octanol–water partition coefficient (Wildman–Crippen LogP) is 2.16. The molecule has 0 aliphatic carbocycles. The number of quaternary nitrogens is 1. The number of carboxylic acid groups (broad SMARTS) is 1. The Morgan fingerprint density at radius 2 is 1.77 bits per heavy atom. The van der Waals surface area contributed by atoms with Gasteiger partial charge in [-0.25, -0.2) is 0 Å². The number of nitrogens with zero attached hydrogens (tertiary/aromatic N) is 1. The number of hydrogen-bond donors (Lipinski definition) is 2. The number of aliphatic carboxylic acids is 1. The second-order valence-electron chi connectivity index (χ2n) is 6.70. The first kappa shape index (κ1) is 20.5. The molecule has 0 radical (unpaired) electrons. The summed E-state index contributed by atoms with van der Waals surface area (Å²) < 4.78 is 0.302. The molecular formula is C17H30NO4+. The van der Waals surface area contributed by atoms with Crippen LogP contribution in [0.3, 0.4) is 0 Å². The van der Waals surface area contributed by atoms with E-state index in [1.54, 1.807) is 33.3 Å². The van der Waals surface area contributed by atoms with Crippen LogP contribution < -0.4 is 0 Å². The number of ketones is 1. The van der Waals surface area contributed by atoms with Crippen LogP contribution in [0.25, 0.3) is 0 Å². The lowest BCUT2D eigenvalue weighted by Gasteiger charge is -2.33. The highest BCUT2D eigenvalue weighted by atomic mass is 16.4. The van der Waals surface area contributed by atoms with Crippen molar-refractivity contribution < 1.29 is 24.3 Å². The van der Waals surface area contributed by atoms with Crippen molar-refractivity contribution >= 4 is 11.8 Å². The number of carbonyl (C=O) groups is 2. The zero-order valence-corrected chi connectivity index (χ0v) is 14.2. The van der Waals surface area contributed by atoms with Gasteiger partial charge in [-0.15, -0.1) is 0 Å². The van der Waals surface area contributed by atoms with Crippen molar-refractivity contribution in [1.82, 2.24) is 0 Å². The lowest BCUT2D eigenvalue weighted by Crippen LogP contribution is -2.54. The minimum absolute atomic E-state index is 0.0443. The molecule has 0 saturated heterocycles. The van der Waals surface area contributed by atoms with Gasteiger partial charge in [0, 0.05) is 0 Å². The Labute approximate surface area is 133 Å². The van der Waals surface area contributed by atoms with Crippen molar-refractivity contribution in [2.75, 3.05) is 27.7 Å². The van der Waals surface area contributed by atoms with Gasteiger partial charge in [-0.1, -0.05) is 38.0 Å². The summed E-state index contributed by atoms with van der Waals surface area (Å²) in [6, 6.07) is 0. The summed E-state index contributed by atoms with van der Waals surface area (Å²) in [7, 11) is 5.41. The van der Waals surface area contributed by atoms with Crippen molar-refractivity contribution in [1.29, 1.82) is 0 Å². The minimum atomic E-state index is -1.88. The molecule has 0 heterocycles. The van der Waals surface area contributed by atoms with Crippen molar-refractivity contribution in [3.8, 4) is 0 Å². The van der Waals surface area contributed by atoms with Crippen molar-refractivity contribution in [2.45, 2.75) is 44.6 Å². The maximum absolute atomic E-state index is 12.2. The van der Waals surface area contributed by atoms with Crippen molar-refractivity contribution in [3.63, 3.8) is 0 Å². The van der Waals surface area contributed by atoms with Crippen molar-refractivity contribution in [2.24, 2.45) is 0 Å². The average molecular weight is 312 g/mol. The fraction of sp³-hybridized carbons (Fsp3) is 0.647. The lowest BCUT2D eigenvalue weighted by molar-refractivity contribution is -0.875. The molecule has 0 aliphatic heterocycles. The summed E-state index contributed by atoms with van der Waals surface area (Å²) in [6.07, 6.45) is 10.4. The first-order valence-electron chi connectivity index (χ1n) is 7.73. The van der Waals surface area contributed by atoms with Crippen LogP contribution in [-0.4, -0.2) is 59.7 Å². The summed E-state index contributed by atoms with van der Waals surface area (Å²) in [5.41, 5.74) is -1.88. The molecule has 0 rings (SSSR count). The zero-order chi connectivity index (χ0) is 17.2. The summed E-state index contributed by atoms with van der Waals surface area (Å²) >= 11 is 0. The Hall–Kier alpha value is -1.46. The second-order valence-corrected chi connectivity index (χ2v) is 6.70. The molecule has 0 aromatic rings.